The summed E-state index contributed by atoms with van der Waals surface area (Å²) in [5.74, 6) is -1.34. The van der Waals surface area contributed by atoms with Gasteiger partial charge in [-0.15, -0.1) is 11.8 Å². The molecule has 4 rings (SSSR count). The van der Waals surface area contributed by atoms with Crippen LogP contribution in [0.4, 0.5) is 0 Å². The van der Waals surface area contributed by atoms with E-state index in [4.69, 9.17) is 18.9 Å². The van der Waals surface area contributed by atoms with E-state index in [9.17, 15) is 9.59 Å². The highest BCUT2D eigenvalue weighted by Gasteiger charge is 2.90. The van der Waals surface area contributed by atoms with E-state index in [0.717, 1.165) is 12.8 Å². The minimum atomic E-state index is -0.821. The van der Waals surface area contributed by atoms with Gasteiger partial charge in [-0.05, 0) is 37.3 Å². The third-order valence-electron chi connectivity index (χ3n) is 7.68. The number of hydrogen-bond donors (Lipinski definition) is 0. The number of carbonyl (C=O) groups is 2. The van der Waals surface area contributed by atoms with Gasteiger partial charge in [-0.1, -0.05) is 13.8 Å². The van der Waals surface area contributed by atoms with E-state index < -0.39 is 11.4 Å². The monoisotopic (exact) mass is 396 g/mol. The first-order valence-electron chi connectivity index (χ1n) is 9.62. The molecule has 2 saturated heterocycles. The van der Waals surface area contributed by atoms with Crippen molar-refractivity contribution < 1.29 is 28.5 Å². The summed E-state index contributed by atoms with van der Waals surface area (Å²) in [4.78, 5) is 24.4. The van der Waals surface area contributed by atoms with Crippen molar-refractivity contribution >= 4 is 23.7 Å². The van der Waals surface area contributed by atoms with Gasteiger partial charge in [0.1, 0.15) is 6.10 Å². The Kier molecular flexibility index (Phi) is 4.44. The van der Waals surface area contributed by atoms with Crippen molar-refractivity contribution in [2.24, 2.45) is 23.2 Å². The molecular weight excluding hydrogens is 368 g/mol. The lowest BCUT2D eigenvalue weighted by molar-refractivity contribution is -0.189. The molecule has 0 bridgehead atoms. The van der Waals surface area contributed by atoms with Crippen LogP contribution in [0.15, 0.2) is 11.5 Å². The van der Waals surface area contributed by atoms with Crippen LogP contribution in [0.5, 0.6) is 0 Å². The van der Waals surface area contributed by atoms with Crippen molar-refractivity contribution in [3.63, 3.8) is 0 Å². The molecule has 0 N–H and O–H groups in total. The van der Waals surface area contributed by atoms with Gasteiger partial charge in [0, 0.05) is 30.9 Å². The molecule has 2 aliphatic heterocycles. The zero-order chi connectivity index (χ0) is 19.6. The maximum atomic E-state index is 12.3. The largest absolute Gasteiger partial charge is 0.459 e. The molecule has 2 saturated carbocycles. The molecule has 0 aromatic heterocycles. The highest BCUT2D eigenvalue weighted by Crippen LogP contribution is 2.74. The molecule has 27 heavy (non-hydrogen) atoms. The molecule has 2 heterocycles. The minimum Gasteiger partial charge on any atom is -0.459 e. The summed E-state index contributed by atoms with van der Waals surface area (Å²) in [6, 6.07) is 0. The topological polar surface area (TPSA) is 74.4 Å². The van der Waals surface area contributed by atoms with Crippen molar-refractivity contribution in [2.75, 3.05) is 13.4 Å². The van der Waals surface area contributed by atoms with E-state index in [2.05, 4.69) is 13.8 Å². The van der Waals surface area contributed by atoms with E-state index >= 15 is 0 Å². The molecule has 0 spiro atoms. The number of epoxide rings is 1. The summed E-state index contributed by atoms with van der Waals surface area (Å²) in [6.07, 6.45) is 5.28. The average molecular weight is 397 g/mol. The SMILES string of the molecule is COC1C2(C)C(CCC(OC(=O)/C=C/SC)C2C)CC23OC(=O)C(C)C12O3. The highest BCUT2D eigenvalue weighted by molar-refractivity contribution is 8.01. The van der Waals surface area contributed by atoms with Crippen LogP contribution in [-0.4, -0.2) is 48.9 Å². The first kappa shape index (κ1) is 19.3. The van der Waals surface area contributed by atoms with Gasteiger partial charge in [0.05, 0.1) is 12.0 Å². The number of fused-ring (bicyclic) bond motifs is 1. The van der Waals surface area contributed by atoms with Gasteiger partial charge in [0.15, 0.2) is 5.60 Å². The van der Waals surface area contributed by atoms with Gasteiger partial charge in [-0.2, -0.15) is 0 Å². The zero-order valence-corrected chi connectivity index (χ0v) is 17.3. The molecule has 4 fully saturated rings. The molecule has 7 heteroatoms. The van der Waals surface area contributed by atoms with Gasteiger partial charge in [-0.25, -0.2) is 4.79 Å². The Morgan fingerprint density at radius 2 is 2.07 bits per heavy atom. The Balaban J connectivity index is 1.63. The van der Waals surface area contributed by atoms with Crippen LogP contribution in [0, 0.1) is 23.2 Å². The standard InChI is InChI=1S/C20H28O6S/c1-11-14(24-15(21)8-9-27-5)7-6-13-10-19-20(26-19,12(2)16(22)25-19)17(23-4)18(11,13)3/h8-9,11-14,17H,6-7,10H2,1-5H3/b9-8+. The van der Waals surface area contributed by atoms with Crippen molar-refractivity contribution in [1.82, 2.24) is 0 Å². The number of hydrogen-bond acceptors (Lipinski definition) is 7. The van der Waals surface area contributed by atoms with Crippen molar-refractivity contribution in [3.8, 4) is 0 Å². The lowest BCUT2D eigenvalue weighted by Crippen LogP contribution is -2.63. The lowest BCUT2D eigenvalue weighted by atomic mass is 9.50. The number of esters is 2. The summed E-state index contributed by atoms with van der Waals surface area (Å²) >= 11 is 1.47. The molecule has 150 valence electrons. The van der Waals surface area contributed by atoms with Crippen LogP contribution in [-0.2, 0) is 28.5 Å². The smallest absolute Gasteiger partial charge is 0.331 e. The third-order valence-corrected chi connectivity index (χ3v) is 8.09. The Bertz CT molecular complexity index is 694. The predicted molar refractivity (Wildman–Crippen MR) is 99.7 cm³/mol. The van der Waals surface area contributed by atoms with Gasteiger partial charge >= 0.3 is 11.9 Å². The number of ether oxygens (including phenoxy) is 4. The molecular formula is C20H28O6S. The Morgan fingerprint density at radius 1 is 1.33 bits per heavy atom. The Labute approximate surface area is 164 Å². The van der Waals surface area contributed by atoms with Crippen LogP contribution in [0.2, 0.25) is 0 Å². The Hall–Kier alpha value is -1.05. The second kappa shape index (κ2) is 6.22. The maximum absolute atomic E-state index is 12.3. The summed E-state index contributed by atoms with van der Waals surface area (Å²) in [5, 5.41) is 1.73. The fourth-order valence-corrected chi connectivity index (χ4v) is 6.32. The number of rotatable bonds is 4. The van der Waals surface area contributed by atoms with Gasteiger partial charge < -0.3 is 18.9 Å². The molecule has 0 aromatic carbocycles. The summed E-state index contributed by atoms with van der Waals surface area (Å²) in [6.45, 7) is 6.19. The molecule has 0 radical (unpaired) electrons. The normalized spacial score (nSPS) is 50.6. The predicted octanol–water partition coefficient (Wildman–Crippen LogP) is 2.90. The first-order valence-corrected chi connectivity index (χ1v) is 10.9. The van der Waals surface area contributed by atoms with E-state index in [1.54, 1.807) is 12.5 Å². The van der Waals surface area contributed by atoms with Gasteiger partial charge in [0.25, 0.3) is 0 Å². The molecule has 0 amide bonds. The van der Waals surface area contributed by atoms with E-state index in [1.165, 1.54) is 17.8 Å². The van der Waals surface area contributed by atoms with Crippen LogP contribution >= 0.6 is 11.8 Å². The van der Waals surface area contributed by atoms with Crippen LogP contribution < -0.4 is 0 Å². The van der Waals surface area contributed by atoms with Gasteiger partial charge in [0.2, 0.25) is 5.79 Å². The van der Waals surface area contributed by atoms with Crippen molar-refractivity contribution in [2.45, 2.75) is 63.6 Å². The Morgan fingerprint density at radius 3 is 2.74 bits per heavy atom. The van der Waals surface area contributed by atoms with Crippen molar-refractivity contribution in [3.05, 3.63) is 11.5 Å². The summed E-state index contributed by atoms with van der Waals surface area (Å²) in [5.41, 5.74) is -0.994. The number of carbonyl (C=O) groups excluding carboxylic acids is 2. The number of methoxy groups -OCH3 is 1. The fourth-order valence-electron chi connectivity index (χ4n) is 6.08. The minimum absolute atomic E-state index is 0.0762. The van der Waals surface area contributed by atoms with Crippen LogP contribution in [0.1, 0.15) is 40.0 Å². The first-order chi connectivity index (χ1) is 12.8. The summed E-state index contributed by atoms with van der Waals surface area (Å²) in [7, 11) is 1.68. The molecule has 2 aliphatic carbocycles. The zero-order valence-electron chi connectivity index (χ0n) is 16.5. The summed E-state index contributed by atoms with van der Waals surface area (Å²) < 4.78 is 23.6. The quantitative estimate of drug-likeness (QED) is 0.411. The molecule has 0 aromatic rings. The van der Waals surface area contributed by atoms with E-state index in [1.807, 2.05) is 13.2 Å². The molecule has 4 aliphatic rings. The van der Waals surface area contributed by atoms with Crippen LogP contribution in [0.25, 0.3) is 0 Å². The van der Waals surface area contributed by atoms with E-state index in [0.29, 0.717) is 6.42 Å². The van der Waals surface area contributed by atoms with Crippen molar-refractivity contribution in [1.29, 1.82) is 0 Å². The maximum Gasteiger partial charge on any atom is 0.331 e. The third kappa shape index (κ3) is 2.34. The van der Waals surface area contributed by atoms with Crippen LogP contribution in [0.3, 0.4) is 0 Å². The fraction of sp³-hybridized carbons (Fsp3) is 0.800. The molecule has 8 atom stereocenters. The molecule has 6 nitrogen and oxygen atoms in total. The van der Waals surface area contributed by atoms with Gasteiger partial charge in [-0.3, -0.25) is 4.79 Å². The highest BCUT2D eigenvalue weighted by atomic mass is 32.2. The second-order valence-corrected chi connectivity index (χ2v) is 9.30. The average Bonchev–Trinajstić information content (AvgIpc) is 3.23. The second-order valence-electron chi connectivity index (χ2n) is 8.55. The lowest BCUT2D eigenvalue weighted by Gasteiger charge is -2.56. The van der Waals surface area contributed by atoms with E-state index in [-0.39, 0.29) is 47.3 Å². The molecule has 8 unspecified atom stereocenters. The number of thioether (sulfide) groups is 1.